The zero-order valence-electron chi connectivity index (χ0n) is 13.0. The van der Waals surface area contributed by atoms with Crippen molar-refractivity contribution in [3.63, 3.8) is 0 Å². The van der Waals surface area contributed by atoms with Crippen molar-refractivity contribution in [2.75, 3.05) is 7.11 Å². The molecule has 1 aromatic rings. The normalized spacial score (nSPS) is 13.9. The maximum atomic E-state index is 11.7. The molecule has 4 nitrogen and oxygen atoms in total. The van der Waals surface area contributed by atoms with Gasteiger partial charge in [0.2, 0.25) is 0 Å². The van der Waals surface area contributed by atoms with Crippen LogP contribution in [0.4, 0.5) is 0 Å². The van der Waals surface area contributed by atoms with Crippen molar-refractivity contribution in [3.8, 4) is 0 Å². The number of benzene rings is 1. The SMILES string of the molecule is COC(=O)C1=CC=CN(Cc2ccc(C(C)C)cc2)C1=C=O. The molecule has 0 atom stereocenters. The van der Waals surface area contributed by atoms with Crippen LogP contribution in [0.25, 0.3) is 0 Å². The highest BCUT2D eigenvalue weighted by molar-refractivity contribution is 5.96. The smallest absolute Gasteiger partial charge is 0.340 e. The van der Waals surface area contributed by atoms with Crippen molar-refractivity contribution in [1.82, 2.24) is 4.90 Å². The number of nitrogens with zero attached hydrogens (tertiary/aromatic N) is 1. The van der Waals surface area contributed by atoms with Crippen molar-refractivity contribution in [1.29, 1.82) is 0 Å². The molecule has 114 valence electrons. The summed E-state index contributed by atoms with van der Waals surface area (Å²) >= 11 is 0. The highest BCUT2D eigenvalue weighted by atomic mass is 16.5. The molecular weight excluding hydrogens is 278 g/mol. The zero-order chi connectivity index (χ0) is 16.1. The molecule has 0 amide bonds. The quantitative estimate of drug-likeness (QED) is 0.633. The second-order valence-electron chi connectivity index (χ2n) is 5.39. The Labute approximate surface area is 130 Å². The topological polar surface area (TPSA) is 46.6 Å². The van der Waals surface area contributed by atoms with Crippen LogP contribution >= 0.6 is 0 Å². The van der Waals surface area contributed by atoms with Gasteiger partial charge >= 0.3 is 5.97 Å². The summed E-state index contributed by atoms with van der Waals surface area (Å²) in [5, 5.41) is 0. The third kappa shape index (κ3) is 3.35. The minimum Gasteiger partial charge on any atom is -0.465 e. The van der Waals surface area contributed by atoms with Crippen LogP contribution in [0.3, 0.4) is 0 Å². The van der Waals surface area contributed by atoms with Gasteiger partial charge in [-0.15, -0.1) is 0 Å². The average molecular weight is 297 g/mol. The Balaban J connectivity index is 2.19. The van der Waals surface area contributed by atoms with E-state index in [1.54, 1.807) is 23.3 Å². The second kappa shape index (κ2) is 6.92. The summed E-state index contributed by atoms with van der Waals surface area (Å²) in [5.74, 6) is 1.78. The van der Waals surface area contributed by atoms with Gasteiger partial charge < -0.3 is 9.64 Å². The monoisotopic (exact) mass is 297 g/mol. The fourth-order valence-corrected chi connectivity index (χ4v) is 2.28. The molecule has 1 aliphatic heterocycles. The Morgan fingerprint density at radius 3 is 2.50 bits per heavy atom. The number of esters is 1. The van der Waals surface area contributed by atoms with Gasteiger partial charge in [-0.1, -0.05) is 38.1 Å². The van der Waals surface area contributed by atoms with Crippen LogP contribution in [0.1, 0.15) is 30.9 Å². The summed E-state index contributed by atoms with van der Waals surface area (Å²) < 4.78 is 4.69. The number of methoxy groups -OCH3 is 1. The largest absolute Gasteiger partial charge is 0.465 e. The molecule has 0 spiro atoms. The molecule has 0 N–H and O–H groups in total. The van der Waals surface area contributed by atoms with E-state index in [1.165, 1.54) is 12.7 Å². The van der Waals surface area contributed by atoms with Crippen molar-refractivity contribution in [3.05, 3.63) is 65.0 Å². The maximum absolute atomic E-state index is 11.7. The van der Waals surface area contributed by atoms with E-state index in [1.807, 2.05) is 18.1 Å². The zero-order valence-corrected chi connectivity index (χ0v) is 13.0. The lowest BCUT2D eigenvalue weighted by molar-refractivity contribution is -0.135. The first-order valence-corrected chi connectivity index (χ1v) is 7.14. The fourth-order valence-electron chi connectivity index (χ4n) is 2.28. The van der Waals surface area contributed by atoms with Crippen LogP contribution in [0.2, 0.25) is 0 Å². The first kappa shape index (κ1) is 15.8. The minimum atomic E-state index is -0.539. The van der Waals surface area contributed by atoms with Crippen molar-refractivity contribution in [2.24, 2.45) is 0 Å². The molecule has 22 heavy (non-hydrogen) atoms. The van der Waals surface area contributed by atoms with Crippen LogP contribution in [0, 0.1) is 0 Å². The summed E-state index contributed by atoms with van der Waals surface area (Å²) in [5.41, 5.74) is 2.73. The van der Waals surface area contributed by atoms with Gasteiger partial charge in [0.15, 0.2) is 5.94 Å². The molecule has 1 aliphatic rings. The van der Waals surface area contributed by atoms with Gasteiger partial charge in [-0.05, 0) is 29.2 Å². The molecule has 1 heterocycles. The lowest BCUT2D eigenvalue weighted by Crippen LogP contribution is -2.24. The molecule has 0 fully saturated rings. The summed E-state index contributed by atoms with van der Waals surface area (Å²) in [6.45, 7) is 4.78. The van der Waals surface area contributed by atoms with E-state index in [9.17, 15) is 9.59 Å². The predicted molar refractivity (Wildman–Crippen MR) is 84.5 cm³/mol. The van der Waals surface area contributed by atoms with E-state index in [0.717, 1.165) is 5.56 Å². The highest BCUT2D eigenvalue weighted by Gasteiger charge is 2.23. The summed E-state index contributed by atoms with van der Waals surface area (Å²) in [6, 6.07) is 8.22. The van der Waals surface area contributed by atoms with Gasteiger partial charge in [-0.25, -0.2) is 9.59 Å². The lowest BCUT2D eigenvalue weighted by atomic mass is 10.0. The first-order valence-electron chi connectivity index (χ1n) is 7.14. The third-order valence-corrected chi connectivity index (χ3v) is 3.57. The summed E-state index contributed by atoms with van der Waals surface area (Å²) in [7, 11) is 1.29. The van der Waals surface area contributed by atoms with E-state index in [0.29, 0.717) is 12.5 Å². The lowest BCUT2D eigenvalue weighted by Gasteiger charge is -2.24. The van der Waals surface area contributed by atoms with Crippen molar-refractivity contribution in [2.45, 2.75) is 26.3 Å². The van der Waals surface area contributed by atoms with Crippen LogP contribution in [-0.4, -0.2) is 23.9 Å². The van der Waals surface area contributed by atoms with E-state index < -0.39 is 5.97 Å². The maximum Gasteiger partial charge on any atom is 0.340 e. The Kier molecular flexibility index (Phi) is 4.97. The number of rotatable bonds is 4. The highest BCUT2D eigenvalue weighted by Crippen LogP contribution is 2.23. The minimum absolute atomic E-state index is 0.197. The molecular formula is C18H19NO3. The molecule has 0 bridgehead atoms. The van der Waals surface area contributed by atoms with E-state index in [-0.39, 0.29) is 11.3 Å². The average Bonchev–Trinajstić information content (AvgIpc) is 2.54. The standard InChI is InChI=1S/C18H19NO3/c1-13(2)15-8-6-14(7-9-15)11-19-10-4-5-16(17(19)12-20)18(21)22-3/h4-10,13H,11H2,1-3H3. The van der Waals surface area contributed by atoms with Gasteiger partial charge in [0, 0.05) is 12.7 Å². The molecule has 0 aliphatic carbocycles. The molecule has 0 radical (unpaired) electrons. The molecule has 1 aromatic carbocycles. The van der Waals surface area contributed by atoms with Crippen LogP contribution in [0.15, 0.2) is 53.9 Å². The van der Waals surface area contributed by atoms with Crippen LogP contribution in [-0.2, 0) is 20.9 Å². The van der Waals surface area contributed by atoms with Gasteiger partial charge in [0.25, 0.3) is 0 Å². The van der Waals surface area contributed by atoms with Gasteiger partial charge in [-0.2, -0.15) is 0 Å². The van der Waals surface area contributed by atoms with E-state index >= 15 is 0 Å². The van der Waals surface area contributed by atoms with Crippen LogP contribution < -0.4 is 0 Å². The third-order valence-electron chi connectivity index (χ3n) is 3.57. The van der Waals surface area contributed by atoms with Gasteiger partial charge in [-0.3, -0.25) is 0 Å². The van der Waals surface area contributed by atoms with E-state index in [4.69, 9.17) is 4.74 Å². The Bertz CT molecular complexity index is 662. The predicted octanol–water partition coefficient (Wildman–Crippen LogP) is 2.95. The molecule has 4 heteroatoms. The Hall–Kier alpha value is -2.58. The number of carbonyl (C=O) groups excluding carboxylic acids is 2. The fraction of sp³-hybridized carbons (Fsp3) is 0.278. The molecule has 0 aromatic heterocycles. The summed E-state index contributed by atoms with van der Waals surface area (Å²) in [4.78, 5) is 24.6. The number of carbonyl (C=O) groups is 1. The van der Waals surface area contributed by atoms with Crippen molar-refractivity contribution >= 4 is 11.9 Å². The first-order chi connectivity index (χ1) is 10.6. The molecule has 0 unspecified atom stereocenters. The Morgan fingerprint density at radius 1 is 1.27 bits per heavy atom. The second-order valence-corrected chi connectivity index (χ2v) is 5.39. The van der Waals surface area contributed by atoms with Gasteiger partial charge in [0.05, 0.1) is 12.7 Å². The molecule has 0 saturated carbocycles. The number of allylic oxidation sites excluding steroid dienone is 2. The van der Waals surface area contributed by atoms with Gasteiger partial charge in [0.1, 0.15) is 5.70 Å². The van der Waals surface area contributed by atoms with Crippen LogP contribution in [0.5, 0.6) is 0 Å². The number of hydrogen-bond acceptors (Lipinski definition) is 4. The molecule has 2 rings (SSSR count). The molecule has 0 saturated heterocycles. The number of ether oxygens (including phenoxy) is 1. The Morgan fingerprint density at radius 2 is 1.95 bits per heavy atom. The summed E-state index contributed by atoms with van der Waals surface area (Å²) in [6.07, 6.45) is 5.03. The number of hydrogen-bond donors (Lipinski definition) is 0. The van der Waals surface area contributed by atoms with E-state index in [2.05, 4.69) is 26.0 Å². The van der Waals surface area contributed by atoms with Crippen molar-refractivity contribution < 1.29 is 14.3 Å².